The second-order valence-corrected chi connectivity index (χ2v) is 3.66. The normalized spacial score (nSPS) is 10.9. The Balaban J connectivity index is 2.20. The minimum Gasteiger partial charge on any atom is -0.300 e. The van der Waals surface area contributed by atoms with Gasteiger partial charge in [0, 0.05) is 6.20 Å². The molecule has 0 spiro atoms. The van der Waals surface area contributed by atoms with Gasteiger partial charge in [0.25, 0.3) is 0 Å². The van der Waals surface area contributed by atoms with Crippen LogP contribution in [-0.2, 0) is 0 Å². The highest BCUT2D eigenvalue weighted by molar-refractivity contribution is 9.10. The summed E-state index contributed by atoms with van der Waals surface area (Å²) in [5.41, 5.74) is 1.17. The van der Waals surface area contributed by atoms with Gasteiger partial charge in [0.05, 0.1) is 12.5 Å². The summed E-state index contributed by atoms with van der Waals surface area (Å²) in [5.74, 6) is 0. The summed E-state index contributed by atoms with van der Waals surface area (Å²) >= 11 is 3.39. The SMILES string of the molecule is Brc1cncn1C=Cc1ccccc1. The molecule has 0 bridgehead atoms. The van der Waals surface area contributed by atoms with Gasteiger partial charge in [-0.2, -0.15) is 0 Å². The minimum absolute atomic E-state index is 0.949. The van der Waals surface area contributed by atoms with E-state index in [4.69, 9.17) is 0 Å². The Morgan fingerprint density at radius 3 is 2.64 bits per heavy atom. The van der Waals surface area contributed by atoms with E-state index in [2.05, 4.69) is 33.0 Å². The molecule has 2 nitrogen and oxygen atoms in total. The van der Waals surface area contributed by atoms with Crippen LogP contribution < -0.4 is 0 Å². The summed E-state index contributed by atoms with van der Waals surface area (Å²) in [6.07, 6.45) is 7.51. The van der Waals surface area contributed by atoms with Crippen molar-refractivity contribution in [3.63, 3.8) is 0 Å². The summed E-state index contributed by atoms with van der Waals surface area (Å²) in [7, 11) is 0. The number of rotatable bonds is 2. The van der Waals surface area contributed by atoms with Crippen molar-refractivity contribution in [2.75, 3.05) is 0 Å². The van der Waals surface area contributed by atoms with Crippen molar-refractivity contribution in [2.24, 2.45) is 0 Å². The number of hydrogen-bond donors (Lipinski definition) is 0. The Labute approximate surface area is 91.0 Å². The van der Waals surface area contributed by atoms with E-state index in [9.17, 15) is 0 Å². The van der Waals surface area contributed by atoms with Gasteiger partial charge in [-0.1, -0.05) is 30.3 Å². The molecule has 0 amide bonds. The van der Waals surface area contributed by atoms with E-state index in [1.807, 2.05) is 35.0 Å². The molecule has 0 aliphatic heterocycles. The van der Waals surface area contributed by atoms with E-state index in [1.165, 1.54) is 5.56 Å². The standard InChI is InChI=1S/C11H9BrN2/c12-11-8-13-9-14(11)7-6-10-4-2-1-3-5-10/h1-9H. The van der Waals surface area contributed by atoms with E-state index >= 15 is 0 Å². The second-order valence-electron chi connectivity index (χ2n) is 2.85. The molecule has 2 aromatic rings. The number of nitrogens with zero attached hydrogens (tertiary/aromatic N) is 2. The van der Waals surface area contributed by atoms with Crippen molar-refractivity contribution in [3.05, 3.63) is 53.0 Å². The highest BCUT2D eigenvalue weighted by atomic mass is 79.9. The number of hydrogen-bond acceptors (Lipinski definition) is 1. The monoisotopic (exact) mass is 248 g/mol. The molecule has 1 heterocycles. The summed E-state index contributed by atoms with van der Waals surface area (Å²) in [6.45, 7) is 0. The lowest BCUT2D eigenvalue weighted by molar-refractivity contribution is 1.11. The van der Waals surface area contributed by atoms with Gasteiger partial charge < -0.3 is 4.57 Å². The molecule has 0 N–H and O–H groups in total. The third kappa shape index (κ3) is 2.12. The Morgan fingerprint density at radius 2 is 2.00 bits per heavy atom. The molecule has 2 rings (SSSR count). The molecule has 0 saturated heterocycles. The zero-order chi connectivity index (χ0) is 9.80. The summed E-state index contributed by atoms with van der Waals surface area (Å²) in [6, 6.07) is 10.2. The predicted octanol–water partition coefficient (Wildman–Crippen LogP) is 3.27. The van der Waals surface area contributed by atoms with Crippen molar-refractivity contribution in [3.8, 4) is 0 Å². The van der Waals surface area contributed by atoms with E-state index in [-0.39, 0.29) is 0 Å². The summed E-state index contributed by atoms with van der Waals surface area (Å²) < 4.78 is 2.86. The summed E-state index contributed by atoms with van der Waals surface area (Å²) in [4.78, 5) is 4.00. The van der Waals surface area contributed by atoms with Crippen LogP contribution in [-0.4, -0.2) is 9.55 Å². The maximum Gasteiger partial charge on any atom is 0.108 e. The molecular formula is C11H9BrN2. The average Bonchev–Trinajstić information content (AvgIpc) is 2.63. The molecule has 1 aromatic heterocycles. The fourth-order valence-electron chi connectivity index (χ4n) is 1.13. The molecule has 0 aliphatic rings. The van der Waals surface area contributed by atoms with E-state index < -0.39 is 0 Å². The first-order chi connectivity index (χ1) is 6.86. The van der Waals surface area contributed by atoms with Gasteiger partial charge in [-0.15, -0.1) is 0 Å². The Bertz CT molecular complexity index is 432. The molecule has 0 atom stereocenters. The number of aromatic nitrogens is 2. The molecule has 0 radical (unpaired) electrons. The summed E-state index contributed by atoms with van der Waals surface area (Å²) in [5, 5.41) is 0. The number of benzene rings is 1. The van der Waals surface area contributed by atoms with Crippen molar-refractivity contribution in [1.29, 1.82) is 0 Å². The van der Waals surface area contributed by atoms with Gasteiger partial charge in [0.2, 0.25) is 0 Å². The van der Waals surface area contributed by atoms with Crippen molar-refractivity contribution >= 4 is 28.2 Å². The second kappa shape index (κ2) is 4.24. The fourth-order valence-corrected chi connectivity index (χ4v) is 1.46. The average molecular weight is 249 g/mol. The largest absolute Gasteiger partial charge is 0.300 e. The lowest BCUT2D eigenvalue weighted by atomic mass is 10.2. The van der Waals surface area contributed by atoms with E-state index in [1.54, 1.807) is 12.5 Å². The Morgan fingerprint density at radius 1 is 1.21 bits per heavy atom. The van der Waals surface area contributed by atoms with Crippen LogP contribution in [0.15, 0.2) is 47.5 Å². The van der Waals surface area contributed by atoms with Gasteiger partial charge >= 0.3 is 0 Å². The first-order valence-corrected chi connectivity index (χ1v) is 5.06. The highest BCUT2D eigenvalue weighted by Gasteiger charge is 1.91. The maximum absolute atomic E-state index is 4.00. The van der Waals surface area contributed by atoms with Crippen LogP contribution in [0.2, 0.25) is 0 Å². The molecule has 3 heteroatoms. The lowest BCUT2D eigenvalue weighted by Gasteiger charge is -1.94. The van der Waals surface area contributed by atoms with Gasteiger partial charge in [-0.25, -0.2) is 4.98 Å². The van der Waals surface area contributed by atoms with Crippen molar-refractivity contribution in [1.82, 2.24) is 9.55 Å². The van der Waals surface area contributed by atoms with Gasteiger partial charge in [-0.3, -0.25) is 0 Å². The van der Waals surface area contributed by atoms with Crippen LogP contribution in [0.3, 0.4) is 0 Å². The van der Waals surface area contributed by atoms with Crippen LogP contribution in [0.4, 0.5) is 0 Å². The Kier molecular flexibility index (Phi) is 2.79. The molecule has 14 heavy (non-hydrogen) atoms. The number of halogens is 1. The molecule has 0 saturated carbocycles. The maximum atomic E-state index is 4.00. The van der Waals surface area contributed by atoms with E-state index in [0.29, 0.717) is 0 Å². The van der Waals surface area contributed by atoms with E-state index in [0.717, 1.165) is 4.60 Å². The minimum atomic E-state index is 0.949. The van der Waals surface area contributed by atoms with Gasteiger partial charge in [-0.05, 0) is 27.6 Å². The quantitative estimate of drug-likeness (QED) is 0.798. The van der Waals surface area contributed by atoms with Crippen molar-refractivity contribution in [2.45, 2.75) is 0 Å². The highest BCUT2D eigenvalue weighted by Crippen LogP contribution is 2.10. The third-order valence-corrected chi connectivity index (χ3v) is 2.46. The molecular weight excluding hydrogens is 240 g/mol. The topological polar surface area (TPSA) is 17.8 Å². The fraction of sp³-hybridized carbons (Fsp3) is 0. The molecule has 1 aromatic carbocycles. The predicted molar refractivity (Wildman–Crippen MR) is 61.6 cm³/mol. The smallest absolute Gasteiger partial charge is 0.108 e. The first-order valence-electron chi connectivity index (χ1n) is 4.27. The Hall–Kier alpha value is -1.35. The van der Waals surface area contributed by atoms with Gasteiger partial charge in [0.1, 0.15) is 4.60 Å². The molecule has 0 unspecified atom stereocenters. The zero-order valence-corrected chi connectivity index (χ0v) is 9.05. The lowest BCUT2D eigenvalue weighted by Crippen LogP contribution is -1.81. The van der Waals surface area contributed by atoms with Crippen LogP contribution in [0, 0.1) is 0 Å². The van der Waals surface area contributed by atoms with Crippen LogP contribution in [0.25, 0.3) is 12.3 Å². The van der Waals surface area contributed by atoms with Crippen LogP contribution >= 0.6 is 15.9 Å². The molecule has 0 fully saturated rings. The number of imidazole rings is 1. The van der Waals surface area contributed by atoms with Crippen molar-refractivity contribution < 1.29 is 0 Å². The van der Waals surface area contributed by atoms with Gasteiger partial charge in [0.15, 0.2) is 0 Å². The van der Waals surface area contributed by atoms with Crippen LogP contribution in [0.1, 0.15) is 5.56 Å². The third-order valence-electron chi connectivity index (χ3n) is 1.85. The molecule has 70 valence electrons. The zero-order valence-electron chi connectivity index (χ0n) is 7.47. The first kappa shape index (κ1) is 9.21. The van der Waals surface area contributed by atoms with Crippen LogP contribution in [0.5, 0.6) is 0 Å². The molecule has 0 aliphatic carbocycles.